The maximum atomic E-state index is 12.9. The molecule has 0 radical (unpaired) electrons. The lowest BCUT2D eigenvalue weighted by Gasteiger charge is -2.33. The van der Waals surface area contributed by atoms with Crippen LogP contribution in [0.1, 0.15) is 29.7 Å². The Kier molecular flexibility index (Phi) is 6.82. The van der Waals surface area contributed by atoms with Crippen LogP contribution in [0.5, 0.6) is 0 Å². The second-order valence-corrected chi connectivity index (χ2v) is 9.25. The smallest absolute Gasteiger partial charge is 0.239 e. The van der Waals surface area contributed by atoms with Crippen molar-refractivity contribution in [1.82, 2.24) is 20.4 Å². The van der Waals surface area contributed by atoms with E-state index in [-0.39, 0.29) is 29.9 Å². The SMILES string of the molecule is CN1[C@@H](CCC(=O)NCc2cccs2)CNC(=O)[C@@H]2[C@@H]1CCN2Cc1ccccc1. The van der Waals surface area contributed by atoms with E-state index >= 15 is 0 Å². The van der Waals surface area contributed by atoms with Crippen LogP contribution in [-0.2, 0) is 22.7 Å². The highest BCUT2D eigenvalue weighted by Crippen LogP contribution is 2.28. The van der Waals surface area contributed by atoms with Crippen LogP contribution >= 0.6 is 11.3 Å². The minimum absolute atomic E-state index is 0.0704. The Morgan fingerprint density at radius 3 is 2.83 bits per heavy atom. The molecule has 2 fully saturated rings. The predicted molar refractivity (Wildman–Crippen MR) is 119 cm³/mol. The first kappa shape index (κ1) is 21.0. The first-order valence-electron chi connectivity index (χ1n) is 10.7. The summed E-state index contributed by atoms with van der Waals surface area (Å²) in [4.78, 5) is 31.0. The predicted octanol–water partition coefficient (Wildman–Crippen LogP) is 2.22. The summed E-state index contributed by atoms with van der Waals surface area (Å²) in [7, 11) is 2.11. The van der Waals surface area contributed by atoms with Gasteiger partial charge < -0.3 is 10.6 Å². The molecule has 2 N–H and O–H groups in total. The van der Waals surface area contributed by atoms with Crippen molar-refractivity contribution in [2.75, 3.05) is 20.1 Å². The second kappa shape index (κ2) is 9.73. The lowest BCUT2D eigenvalue weighted by molar-refractivity contribution is -0.126. The summed E-state index contributed by atoms with van der Waals surface area (Å²) in [6.07, 6.45) is 2.19. The van der Waals surface area contributed by atoms with Gasteiger partial charge in [-0.2, -0.15) is 0 Å². The Hall–Kier alpha value is -2.22. The minimum atomic E-state index is -0.132. The van der Waals surface area contributed by atoms with Crippen molar-refractivity contribution < 1.29 is 9.59 Å². The van der Waals surface area contributed by atoms with Gasteiger partial charge in [-0.05, 0) is 36.9 Å². The number of hydrogen-bond donors (Lipinski definition) is 2. The molecule has 4 rings (SSSR count). The fraction of sp³-hybridized carbons (Fsp3) is 0.478. The Bertz CT molecular complexity index is 842. The number of rotatable bonds is 7. The van der Waals surface area contributed by atoms with Crippen LogP contribution in [0.15, 0.2) is 47.8 Å². The van der Waals surface area contributed by atoms with E-state index in [9.17, 15) is 9.59 Å². The number of likely N-dealkylation sites (tertiary alicyclic amines) is 1. The highest BCUT2D eigenvalue weighted by atomic mass is 32.1. The molecule has 2 aliphatic rings. The third kappa shape index (κ3) is 4.91. The van der Waals surface area contributed by atoms with Crippen molar-refractivity contribution in [3.63, 3.8) is 0 Å². The molecular weight excluding hydrogens is 396 g/mol. The largest absolute Gasteiger partial charge is 0.353 e. The molecule has 0 bridgehead atoms. The Labute approximate surface area is 182 Å². The molecule has 30 heavy (non-hydrogen) atoms. The number of benzene rings is 1. The first-order valence-corrected chi connectivity index (χ1v) is 11.6. The van der Waals surface area contributed by atoms with Crippen molar-refractivity contribution in [1.29, 1.82) is 0 Å². The van der Waals surface area contributed by atoms with E-state index in [2.05, 4.69) is 39.6 Å². The summed E-state index contributed by atoms with van der Waals surface area (Å²) >= 11 is 1.65. The van der Waals surface area contributed by atoms with Crippen molar-refractivity contribution in [2.24, 2.45) is 0 Å². The Balaban J connectivity index is 1.33. The second-order valence-electron chi connectivity index (χ2n) is 8.22. The van der Waals surface area contributed by atoms with E-state index in [0.717, 1.165) is 30.8 Å². The average Bonchev–Trinajstić information content (AvgIpc) is 3.40. The fourth-order valence-corrected chi connectivity index (χ4v) is 5.27. The average molecular weight is 427 g/mol. The number of hydrogen-bond acceptors (Lipinski definition) is 5. The van der Waals surface area contributed by atoms with Gasteiger partial charge in [-0.25, -0.2) is 0 Å². The van der Waals surface area contributed by atoms with Crippen LogP contribution in [0.3, 0.4) is 0 Å². The van der Waals surface area contributed by atoms with Gasteiger partial charge in [0.05, 0.1) is 6.54 Å². The van der Waals surface area contributed by atoms with E-state index in [4.69, 9.17) is 0 Å². The molecule has 1 aromatic heterocycles. The number of carbonyl (C=O) groups excluding carboxylic acids is 2. The Morgan fingerprint density at radius 2 is 2.07 bits per heavy atom. The molecule has 2 aromatic rings. The van der Waals surface area contributed by atoms with Crippen LogP contribution in [0.4, 0.5) is 0 Å². The van der Waals surface area contributed by atoms with Crippen molar-refractivity contribution in [3.8, 4) is 0 Å². The van der Waals surface area contributed by atoms with Crippen LogP contribution < -0.4 is 10.6 Å². The summed E-state index contributed by atoms with van der Waals surface area (Å²) in [5.74, 6) is 0.186. The van der Waals surface area contributed by atoms with E-state index in [1.54, 1.807) is 11.3 Å². The molecule has 160 valence electrons. The number of nitrogens with one attached hydrogen (secondary N) is 2. The third-order valence-electron chi connectivity index (χ3n) is 6.32. The number of fused-ring (bicyclic) bond motifs is 1. The number of nitrogens with zero attached hydrogens (tertiary/aromatic N) is 2. The zero-order chi connectivity index (χ0) is 20.9. The summed E-state index contributed by atoms with van der Waals surface area (Å²) in [5.41, 5.74) is 1.23. The highest BCUT2D eigenvalue weighted by molar-refractivity contribution is 7.09. The topological polar surface area (TPSA) is 64.7 Å². The number of carbonyl (C=O) groups is 2. The van der Waals surface area contributed by atoms with Crippen LogP contribution in [0, 0.1) is 0 Å². The molecule has 2 saturated heterocycles. The quantitative estimate of drug-likeness (QED) is 0.713. The molecule has 0 aliphatic carbocycles. The van der Waals surface area contributed by atoms with Crippen LogP contribution in [-0.4, -0.2) is 59.9 Å². The van der Waals surface area contributed by atoms with Gasteiger partial charge in [0, 0.05) is 43.0 Å². The Morgan fingerprint density at radius 1 is 1.23 bits per heavy atom. The molecule has 1 aromatic carbocycles. The van der Waals surface area contributed by atoms with Crippen LogP contribution in [0.25, 0.3) is 0 Å². The van der Waals surface area contributed by atoms with Gasteiger partial charge in [-0.3, -0.25) is 19.4 Å². The van der Waals surface area contributed by atoms with Gasteiger partial charge in [0.1, 0.15) is 6.04 Å². The van der Waals surface area contributed by atoms with Gasteiger partial charge >= 0.3 is 0 Å². The van der Waals surface area contributed by atoms with E-state index in [1.165, 1.54) is 5.56 Å². The highest BCUT2D eigenvalue weighted by Gasteiger charge is 2.44. The molecule has 0 spiro atoms. The van der Waals surface area contributed by atoms with Gasteiger partial charge in [-0.1, -0.05) is 36.4 Å². The van der Waals surface area contributed by atoms with Crippen LogP contribution in [0.2, 0.25) is 0 Å². The van der Waals surface area contributed by atoms with E-state index in [0.29, 0.717) is 19.5 Å². The van der Waals surface area contributed by atoms with E-state index in [1.807, 2.05) is 35.7 Å². The third-order valence-corrected chi connectivity index (χ3v) is 7.20. The summed E-state index contributed by atoms with van der Waals surface area (Å²) in [6, 6.07) is 14.6. The summed E-state index contributed by atoms with van der Waals surface area (Å²) in [5, 5.41) is 8.16. The molecular formula is C23H30N4O2S. The van der Waals surface area contributed by atoms with Gasteiger partial charge in [0.25, 0.3) is 0 Å². The monoisotopic (exact) mass is 426 g/mol. The first-order chi connectivity index (χ1) is 14.6. The fourth-order valence-electron chi connectivity index (χ4n) is 4.63. The standard InChI is InChI=1S/C23H30N4O2S/c1-26-18(9-10-21(28)24-15-19-8-5-13-30-19)14-25-23(29)22-20(26)11-12-27(22)16-17-6-3-2-4-7-17/h2-8,13,18,20,22H,9-12,14-16H2,1H3,(H,24,28)(H,25,29)/t18-,20-,22-/m0/s1. The van der Waals surface area contributed by atoms with Gasteiger partial charge in [0.2, 0.25) is 11.8 Å². The number of thiophene rings is 1. The normalized spacial score (nSPS) is 24.8. The van der Waals surface area contributed by atoms with Crippen molar-refractivity contribution >= 4 is 23.2 Å². The molecule has 6 nitrogen and oxygen atoms in total. The number of amides is 2. The summed E-state index contributed by atoms with van der Waals surface area (Å²) in [6.45, 7) is 2.89. The molecule has 0 saturated carbocycles. The molecule has 3 heterocycles. The molecule has 7 heteroatoms. The zero-order valence-corrected chi connectivity index (χ0v) is 18.2. The maximum absolute atomic E-state index is 12.9. The van der Waals surface area contributed by atoms with Crippen molar-refractivity contribution in [3.05, 3.63) is 58.3 Å². The maximum Gasteiger partial charge on any atom is 0.239 e. The molecule has 2 amide bonds. The van der Waals surface area contributed by atoms with Crippen molar-refractivity contribution in [2.45, 2.75) is 50.5 Å². The molecule has 3 atom stereocenters. The molecule has 0 unspecified atom stereocenters. The lowest BCUT2D eigenvalue weighted by Crippen LogP contribution is -2.49. The molecule has 2 aliphatic heterocycles. The minimum Gasteiger partial charge on any atom is -0.353 e. The number of likely N-dealkylation sites (N-methyl/N-ethyl adjacent to an activating group) is 1. The zero-order valence-electron chi connectivity index (χ0n) is 17.4. The summed E-state index contributed by atoms with van der Waals surface area (Å²) < 4.78 is 0. The van der Waals surface area contributed by atoms with Gasteiger partial charge in [0.15, 0.2) is 0 Å². The lowest BCUT2D eigenvalue weighted by atomic mass is 10.0. The van der Waals surface area contributed by atoms with E-state index < -0.39 is 0 Å². The van der Waals surface area contributed by atoms with Gasteiger partial charge in [-0.15, -0.1) is 11.3 Å².